The number of rotatable bonds is 2. The van der Waals surface area contributed by atoms with Crippen molar-refractivity contribution in [3.05, 3.63) is 17.7 Å². The van der Waals surface area contributed by atoms with Gasteiger partial charge in [0.1, 0.15) is 12.6 Å². The lowest BCUT2D eigenvalue weighted by Crippen LogP contribution is -2.53. The van der Waals surface area contributed by atoms with Crippen LogP contribution in [-0.2, 0) is 17.8 Å². The molecule has 0 aromatic carbocycles. The summed E-state index contributed by atoms with van der Waals surface area (Å²) in [5.74, 6) is -1.29. The maximum atomic E-state index is 12.1. The molecular formula is C10H11F3N4O3. The van der Waals surface area contributed by atoms with Crippen molar-refractivity contribution in [1.82, 2.24) is 20.2 Å². The standard InChI is InChI=1S/C10H11F3N4O3/c11-10(12,13)3-14-9(20)17-2-6-5(15-4-16-6)1-7(17)8(18)19/h4,7H,1-3H2,(H,14,20)(H,15,16)(H,18,19). The van der Waals surface area contributed by atoms with Gasteiger partial charge in [-0.25, -0.2) is 14.6 Å². The smallest absolute Gasteiger partial charge is 0.405 e. The van der Waals surface area contributed by atoms with Crippen LogP contribution in [0.2, 0.25) is 0 Å². The highest BCUT2D eigenvalue weighted by Gasteiger charge is 2.37. The van der Waals surface area contributed by atoms with E-state index < -0.39 is 30.8 Å². The lowest BCUT2D eigenvalue weighted by atomic mass is 10.0. The maximum Gasteiger partial charge on any atom is 0.405 e. The number of imidazole rings is 1. The second-order valence-corrected chi connectivity index (χ2v) is 4.29. The van der Waals surface area contributed by atoms with Gasteiger partial charge in [-0.05, 0) is 0 Å². The molecule has 2 amide bonds. The van der Waals surface area contributed by atoms with Gasteiger partial charge in [-0.2, -0.15) is 13.2 Å². The summed E-state index contributed by atoms with van der Waals surface area (Å²) < 4.78 is 36.2. The summed E-state index contributed by atoms with van der Waals surface area (Å²) in [6.45, 7) is -1.64. The number of carbonyl (C=O) groups is 2. The Morgan fingerprint density at radius 3 is 2.85 bits per heavy atom. The van der Waals surface area contributed by atoms with Gasteiger partial charge in [-0.15, -0.1) is 0 Å². The number of H-pyrrole nitrogens is 1. The summed E-state index contributed by atoms with van der Waals surface area (Å²) in [5, 5.41) is 10.7. The molecule has 3 N–H and O–H groups in total. The van der Waals surface area contributed by atoms with Crippen LogP contribution < -0.4 is 5.32 Å². The van der Waals surface area contributed by atoms with E-state index in [-0.39, 0.29) is 13.0 Å². The van der Waals surface area contributed by atoms with E-state index in [1.165, 1.54) is 6.33 Å². The van der Waals surface area contributed by atoms with Crippen molar-refractivity contribution in [3.8, 4) is 0 Å². The molecule has 110 valence electrons. The Balaban J connectivity index is 2.12. The molecule has 10 heteroatoms. The van der Waals surface area contributed by atoms with Crippen molar-refractivity contribution < 1.29 is 27.9 Å². The van der Waals surface area contributed by atoms with Crippen LogP contribution >= 0.6 is 0 Å². The molecule has 2 rings (SSSR count). The Labute approximate surface area is 110 Å². The number of carboxylic acids is 1. The fourth-order valence-electron chi connectivity index (χ4n) is 1.95. The lowest BCUT2D eigenvalue weighted by Gasteiger charge is -2.32. The average molecular weight is 292 g/mol. The van der Waals surface area contributed by atoms with E-state index in [9.17, 15) is 22.8 Å². The number of urea groups is 1. The van der Waals surface area contributed by atoms with Gasteiger partial charge >= 0.3 is 18.2 Å². The van der Waals surface area contributed by atoms with Crippen molar-refractivity contribution in [3.63, 3.8) is 0 Å². The van der Waals surface area contributed by atoms with Gasteiger partial charge in [0.05, 0.1) is 24.3 Å². The fraction of sp³-hybridized carbons (Fsp3) is 0.500. The number of carboxylic acid groups (broad SMARTS) is 1. The van der Waals surface area contributed by atoms with E-state index in [4.69, 9.17) is 5.11 Å². The Hall–Kier alpha value is -2.26. The van der Waals surface area contributed by atoms with Crippen molar-refractivity contribution >= 4 is 12.0 Å². The van der Waals surface area contributed by atoms with Crippen LogP contribution in [0.1, 0.15) is 11.4 Å². The third kappa shape index (κ3) is 3.00. The molecule has 1 aromatic heterocycles. The zero-order chi connectivity index (χ0) is 14.9. The molecule has 0 saturated heterocycles. The van der Waals surface area contributed by atoms with Gasteiger partial charge < -0.3 is 20.3 Å². The molecule has 1 aromatic rings. The normalized spacial score (nSPS) is 18.6. The first-order valence-corrected chi connectivity index (χ1v) is 5.63. The topological polar surface area (TPSA) is 98.3 Å². The number of hydrogen-bond donors (Lipinski definition) is 3. The first kappa shape index (κ1) is 14.2. The van der Waals surface area contributed by atoms with Crippen LogP contribution in [-0.4, -0.2) is 50.7 Å². The van der Waals surface area contributed by atoms with Gasteiger partial charge in [-0.3, -0.25) is 0 Å². The van der Waals surface area contributed by atoms with Crippen molar-refractivity contribution in [2.45, 2.75) is 25.2 Å². The maximum absolute atomic E-state index is 12.1. The summed E-state index contributed by atoms with van der Waals surface area (Å²) in [6.07, 6.45) is -3.25. The molecule has 7 nitrogen and oxygen atoms in total. The molecule has 1 unspecified atom stereocenters. The van der Waals surface area contributed by atoms with E-state index in [0.29, 0.717) is 11.4 Å². The van der Waals surface area contributed by atoms with Gasteiger partial charge in [-0.1, -0.05) is 0 Å². The minimum Gasteiger partial charge on any atom is -0.480 e. The Morgan fingerprint density at radius 2 is 2.25 bits per heavy atom. The van der Waals surface area contributed by atoms with E-state index in [2.05, 4.69) is 9.97 Å². The zero-order valence-corrected chi connectivity index (χ0v) is 10.1. The first-order valence-electron chi connectivity index (χ1n) is 5.63. The van der Waals surface area contributed by atoms with Gasteiger partial charge in [0.2, 0.25) is 0 Å². The van der Waals surface area contributed by atoms with Crippen LogP contribution in [0.3, 0.4) is 0 Å². The molecule has 0 radical (unpaired) electrons. The number of halogens is 3. The molecule has 2 heterocycles. The van der Waals surface area contributed by atoms with Crippen molar-refractivity contribution in [1.29, 1.82) is 0 Å². The number of aromatic amines is 1. The number of aromatic nitrogens is 2. The highest BCUT2D eigenvalue weighted by Crippen LogP contribution is 2.21. The molecule has 20 heavy (non-hydrogen) atoms. The number of amides is 2. The molecule has 1 aliphatic heterocycles. The summed E-state index contributed by atoms with van der Waals surface area (Å²) in [4.78, 5) is 30.3. The van der Waals surface area contributed by atoms with Crippen LogP contribution in [0.4, 0.5) is 18.0 Å². The van der Waals surface area contributed by atoms with Crippen molar-refractivity contribution in [2.75, 3.05) is 6.54 Å². The second kappa shape index (κ2) is 5.02. The minimum atomic E-state index is -4.55. The molecule has 0 fully saturated rings. The van der Waals surface area contributed by atoms with E-state index in [0.717, 1.165) is 4.90 Å². The van der Waals surface area contributed by atoms with Gasteiger partial charge in [0, 0.05) is 6.42 Å². The lowest BCUT2D eigenvalue weighted by molar-refractivity contribution is -0.142. The Kier molecular flexibility index (Phi) is 3.55. The fourth-order valence-corrected chi connectivity index (χ4v) is 1.95. The predicted molar refractivity (Wildman–Crippen MR) is 58.7 cm³/mol. The van der Waals surface area contributed by atoms with Crippen LogP contribution in [0.15, 0.2) is 6.33 Å². The number of nitrogens with one attached hydrogen (secondary N) is 2. The van der Waals surface area contributed by atoms with Gasteiger partial charge in [0.15, 0.2) is 0 Å². The van der Waals surface area contributed by atoms with E-state index >= 15 is 0 Å². The second-order valence-electron chi connectivity index (χ2n) is 4.29. The third-order valence-electron chi connectivity index (χ3n) is 2.88. The summed E-state index contributed by atoms with van der Waals surface area (Å²) in [7, 11) is 0. The molecule has 0 saturated carbocycles. The highest BCUT2D eigenvalue weighted by atomic mass is 19.4. The monoisotopic (exact) mass is 292 g/mol. The number of hydrogen-bond acceptors (Lipinski definition) is 3. The van der Waals surface area contributed by atoms with Gasteiger partial charge in [0.25, 0.3) is 0 Å². The molecule has 1 aliphatic rings. The summed E-state index contributed by atoms with van der Waals surface area (Å²) >= 11 is 0. The summed E-state index contributed by atoms with van der Waals surface area (Å²) in [5.41, 5.74) is 1.02. The third-order valence-corrected chi connectivity index (χ3v) is 2.88. The number of nitrogens with zero attached hydrogens (tertiary/aromatic N) is 2. The predicted octanol–water partition coefficient (Wildman–Crippen LogP) is 0.493. The average Bonchev–Trinajstić information content (AvgIpc) is 2.80. The number of aliphatic carboxylic acids is 1. The number of carbonyl (C=O) groups excluding carboxylic acids is 1. The zero-order valence-electron chi connectivity index (χ0n) is 10.1. The number of alkyl halides is 3. The number of fused-ring (bicyclic) bond motifs is 1. The largest absolute Gasteiger partial charge is 0.480 e. The van der Waals surface area contributed by atoms with Crippen LogP contribution in [0.25, 0.3) is 0 Å². The van der Waals surface area contributed by atoms with Crippen molar-refractivity contribution in [2.24, 2.45) is 0 Å². The molecule has 1 atom stereocenters. The van der Waals surface area contributed by atoms with E-state index in [1.807, 2.05) is 0 Å². The van der Waals surface area contributed by atoms with E-state index in [1.54, 1.807) is 5.32 Å². The summed E-state index contributed by atoms with van der Waals surface area (Å²) in [6, 6.07) is -2.31. The molecule has 0 spiro atoms. The Morgan fingerprint density at radius 1 is 1.55 bits per heavy atom. The molecule has 0 aliphatic carbocycles. The first-order chi connectivity index (χ1) is 9.28. The SMILES string of the molecule is O=C(O)C1Cc2nc[nH]c2CN1C(=O)NCC(F)(F)F. The van der Waals surface area contributed by atoms with Crippen LogP contribution in [0, 0.1) is 0 Å². The Bertz CT molecular complexity index is 528. The molecule has 0 bridgehead atoms. The quantitative estimate of drug-likeness (QED) is 0.739. The van der Waals surface area contributed by atoms with Crippen LogP contribution in [0.5, 0.6) is 0 Å². The minimum absolute atomic E-state index is 0.0480. The molecular weight excluding hydrogens is 281 g/mol. The highest BCUT2D eigenvalue weighted by molar-refractivity contribution is 5.83.